The third-order valence-corrected chi connectivity index (χ3v) is 20.7. The Hall–Kier alpha value is -2.77. The maximum Gasteiger partial charge on any atom is 0.220 e. The molecular formula is C85H153NO18. The number of rotatable bonds is 67. The molecule has 0 aromatic heterocycles. The highest BCUT2D eigenvalue weighted by atomic mass is 16.8. The molecule has 17 unspecified atom stereocenters. The van der Waals surface area contributed by atoms with Crippen molar-refractivity contribution in [1.82, 2.24) is 5.32 Å². The van der Waals surface area contributed by atoms with Crippen LogP contribution in [0.3, 0.4) is 0 Å². The van der Waals surface area contributed by atoms with Crippen molar-refractivity contribution >= 4 is 5.91 Å². The highest BCUT2D eigenvalue weighted by molar-refractivity contribution is 5.76. The van der Waals surface area contributed by atoms with Crippen molar-refractivity contribution in [2.45, 2.75) is 433 Å². The fraction of sp³-hybridized carbons (Fsp3) is 0.847. The number of carbonyl (C=O) groups excluding carboxylic acids is 1. The first-order chi connectivity index (χ1) is 50.8. The zero-order valence-electron chi connectivity index (χ0n) is 65.0. The topological polar surface area (TPSA) is 307 Å². The predicted octanol–water partition coefficient (Wildman–Crippen LogP) is 14.8. The van der Waals surface area contributed by atoms with Gasteiger partial charge in [-0.25, -0.2) is 0 Å². The van der Waals surface area contributed by atoms with Crippen LogP contribution in [0.1, 0.15) is 328 Å². The van der Waals surface area contributed by atoms with E-state index in [1.165, 1.54) is 231 Å². The smallest absolute Gasteiger partial charge is 0.220 e. The SMILES string of the molecule is CC/C=C\C/C=C\C/C=C\C/C=C\CCCCCCCCCCCCCCCCCCCCCCC(=O)NC(COC1OC(CO)C(OC2OC(CO)C(OC3OC(CO)C(O)C(O)C3O)C(O)C2O)C(O)C1O)C(O)/C=C/CC/C=C/CCCCCCCCCCCCCCCCCCCCCC. The van der Waals surface area contributed by atoms with Crippen molar-refractivity contribution in [3.8, 4) is 0 Å². The molecule has 3 aliphatic heterocycles. The van der Waals surface area contributed by atoms with E-state index in [9.17, 15) is 61.0 Å². The summed E-state index contributed by atoms with van der Waals surface area (Å²) in [5.74, 6) is -0.281. The normalized spacial score (nSPS) is 26.3. The highest BCUT2D eigenvalue weighted by Crippen LogP contribution is 2.33. The number of aliphatic hydroxyl groups excluding tert-OH is 11. The number of allylic oxidation sites excluding steroid dienone is 11. The second kappa shape index (κ2) is 65.0. The minimum absolute atomic E-state index is 0.236. The van der Waals surface area contributed by atoms with E-state index < -0.39 is 124 Å². The summed E-state index contributed by atoms with van der Waals surface area (Å²) in [6, 6.07) is -0.993. The lowest BCUT2D eigenvalue weighted by Crippen LogP contribution is -2.66. The molecule has 19 heteroatoms. The number of aliphatic hydroxyl groups is 11. The molecular weight excluding hydrogens is 1320 g/mol. The van der Waals surface area contributed by atoms with Crippen LogP contribution in [0.25, 0.3) is 0 Å². The molecule has 3 aliphatic rings. The number of hydrogen-bond acceptors (Lipinski definition) is 18. The lowest BCUT2D eigenvalue weighted by Gasteiger charge is -2.48. The molecule has 3 saturated heterocycles. The Morgan fingerprint density at radius 1 is 0.356 bits per heavy atom. The summed E-state index contributed by atoms with van der Waals surface area (Å²) in [7, 11) is 0. The van der Waals surface area contributed by atoms with Crippen LogP contribution in [0.15, 0.2) is 72.9 Å². The molecule has 0 aromatic rings. The molecule has 0 aliphatic carbocycles. The molecule has 0 radical (unpaired) electrons. The summed E-state index contributed by atoms with van der Waals surface area (Å²) in [5.41, 5.74) is 0. The molecule has 0 spiro atoms. The molecule has 0 aromatic carbocycles. The van der Waals surface area contributed by atoms with E-state index in [-0.39, 0.29) is 18.9 Å². The zero-order chi connectivity index (χ0) is 75.3. The molecule has 3 heterocycles. The Balaban J connectivity index is 1.36. The largest absolute Gasteiger partial charge is 0.394 e. The third kappa shape index (κ3) is 44.2. The van der Waals surface area contributed by atoms with Gasteiger partial charge in [-0.2, -0.15) is 0 Å². The van der Waals surface area contributed by atoms with E-state index in [1.807, 2.05) is 6.08 Å². The van der Waals surface area contributed by atoms with Crippen molar-refractivity contribution in [2.24, 2.45) is 0 Å². The van der Waals surface area contributed by atoms with Gasteiger partial charge in [-0.3, -0.25) is 4.79 Å². The fourth-order valence-electron chi connectivity index (χ4n) is 14.0. The second-order valence-electron chi connectivity index (χ2n) is 29.9. The van der Waals surface area contributed by atoms with Crippen LogP contribution in [0, 0.1) is 0 Å². The molecule has 3 rings (SSSR count). The van der Waals surface area contributed by atoms with Gasteiger partial charge in [0.15, 0.2) is 18.9 Å². The van der Waals surface area contributed by atoms with Crippen LogP contribution in [0.4, 0.5) is 0 Å². The van der Waals surface area contributed by atoms with Gasteiger partial charge in [-0.1, -0.05) is 324 Å². The Morgan fingerprint density at radius 2 is 0.673 bits per heavy atom. The summed E-state index contributed by atoms with van der Waals surface area (Å²) in [6.07, 6.45) is 59.0. The van der Waals surface area contributed by atoms with E-state index in [0.29, 0.717) is 12.8 Å². The zero-order valence-corrected chi connectivity index (χ0v) is 65.0. The van der Waals surface area contributed by atoms with Gasteiger partial charge >= 0.3 is 0 Å². The van der Waals surface area contributed by atoms with Gasteiger partial charge in [0.25, 0.3) is 0 Å². The van der Waals surface area contributed by atoms with Gasteiger partial charge in [0.1, 0.15) is 73.2 Å². The predicted molar refractivity (Wildman–Crippen MR) is 415 cm³/mol. The van der Waals surface area contributed by atoms with Gasteiger partial charge in [0.2, 0.25) is 5.91 Å². The van der Waals surface area contributed by atoms with Crippen LogP contribution in [-0.4, -0.2) is 193 Å². The van der Waals surface area contributed by atoms with Crippen molar-refractivity contribution < 1.29 is 89.4 Å². The van der Waals surface area contributed by atoms with E-state index in [1.54, 1.807) is 6.08 Å². The average molecular weight is 1480 g/mol. The monoisotopic (exact) mass is 1480 g/mol. The van der Waals surface area contributed by atoms with Crippen LogP contribution < -0.4 is 5.32 Å². The van der Waals surface area contributed by atoms with Gasteiger partial charge in [0.05, 0.1) is 38.6 Å². The lowest BCUT2D eigenvalue weighted by molar-refractivity contribution is -0.379. The van der Waals surface area contributed by atoms with Crippen molar-refractivity contribution in [2.75, 3.05) is 26.4 Å². The van der Waals surface area contributed by atoms with E-state index in [4.69, 9.17) is 28.4 Å². The fourth-order valence-corrected chi connectivity index (χ4v) is 14.0. The van der Waals surface area contributed by atoms with Gasteiger partial charge < -0.3 is 89.9 Å². The first-order valence-electron chi connectivity index (χ1n) is 42.2. The van der Waals surface area contributed by atoms with Crippen LogP contribution in [0.2, 0.25) is 0 Å². The summed E-state index contributed by atoms with van der Waals surface area (Å²) in [4.78, 5) is 13.5. The first-order valence-corrected chi connectivity index (χ1v) is 42.2. The molecule has 17 atom stereocenters. The average Bonchev–Trinajstić information content (AvgIpc) is 0.783. The number of hydrogen-bond donors (Lipinski definition) is 12. The molecule has 0 bridgehead atoms. The summed E-state index contributed by atoms with van der Waals surface area (Å²) in [5, 5.41) is 121. The van der Waals surface area contributed by atoms with E-state index in [0.717, 1.165) is 64.2 Å². The third-order valence-electron chi connectivity index (χ3n) is 20.7. The van der Waals surface area contributed by atoms with Crippen molar-refractivity contribution in [3.63, 3.8) is 0 Å². The number of amides is 1. The number of ether oxygens (including phenoxy) is 6. The van der Waals surface area contributed by atoms with Crippen LogP contribution >= 0.6 is 0 Å². The Morgan fingerprint density at radius 3 is 1.08 bits per heavy atom. The molecule has 3 fully saturated rings. The quantitative estimate of drug-likeness (QED) is 0.0199. The summed E-state index contributed by atoms with van der Waals surface area (Å²) < 4.78 is 34.5. The Bertz CT molecular complexity index is 2160. The lowest BCUT2D eigenvalue weighted by atomic mass is 9.96. The maximum atomic E-state index is 13.5. The Kier molecular flexibility index (Phi) is 59.6. The molecule has 1 amide bonds. The number of unbranched alkanes of at least 4 members (excludes halogenated alkanes) is 41. The van der Waals surface area contributed by atoms with Crippen LogP contribution in [-0.2, 0) is 33.2 Å². The molecule has 104 heavy (non-hydrogen) atoms. The molecule has 19 nitrogen and oxygen atoms in total. The van der Waals surface area contributed by atoms with Gasteiger partial charge in [-0.15, -0.1) is 0 Å². The summed E-state index contributed by atoms with van der Waals surface area (Å²) >= 11 is 0. The maximum absolute atomic E-state index is 13.5. The first kappa shape index (κ1) is 95.4. The van der Waals surface area contributed by atoms with E-state index in [2.05, 4.69) is 79.9 Å². The summed E-state index contributed by atoms with van der Waals surface area (Å²) in [6.45, 7) is 1.65. The van der Waals surface area contributed by atoms with Gasteiger partial charge in [0, 0.05) is 6.42 Å². The van der Waals surface area contributed by atoms with Crippen LogP contribution in [0.5, 0.6) is 0 Å². The Labute approximate surface area is 629 Å². The van der Waals surface area contributed by atoms with Crippen molar-refractivity contribution in [3.05, 3.63) is 72.9 Å². The highest BCUT2D eigenvalue weighted by Gasteiger charge is 2.54. The second-order valence-corrected chi connectivity index (χ2v) is 29.9. The minimum Gasteiger partial charge on any atom is -0.394 e. The van der Waals surface area contributed by atoms with Gasteiger partial charge in [-0.05, 0) is 70.6 Å². The molecule has 0 saturated carbocycles. The van der Waals surface area contributed by atoms with E-state index >= 15 is 0 Å². The molecule has 606 valence electrons. The number of carbonyl (C=O) groups is 1. The molecule has 12 N–H and O–H groups in total. The van der Waals surface area contributed by atoms with Crippen molar-refractivity contribution in [1.29, 1.82) is 0 Å². The standard InChI is InChI=1S/C85H153NO18/c1-3-5-7-9-11-13-15-17-19-21-23-25-27-29-31-32-33-34-35-36-37-39-41-43-45-47-49-51-53-55-57-59-61-63-73(91)86-68(69(90)62-60-58-56-54-52-50-48-46-44-42-40-38-30-28-26-24-22-20-18-16-14-12-10-8-6-4-2)67-99-83-79(97)76(94)81(71(65-88)101-83)104-85-80(98)77(95)82(72(66-89)102-85)103-84-78(96)75(93)74(92)70(64-87)100-84/h5,7,11,13,17,19,23,25,52,54,60,62,68-72,74-85,87-90,92-98H,3-4,6,8-10,12,14-16,18,20-22,24,26-51,53,55-59,61,63-67H2,1-2H3,(H,86,91)/b7-5-,13-11-,19-17-,25-23-,54-52+,62-60+. The number of nitrogens with one attached hydrogen (secondary N) is 1. The minimum atomic E-state index is -1.98.